The van der Waals surface area contributed by atoms with Crippen LogP contribution in [0.1, 0.15) is 50.9 Å². The number of pyridine rings is 1. The third-order valence-electron chi connectivity index (χ3n) is 8.66. The molecule has 0 bridgehead atoms. The number of aromatic amines is 1. The lowest BCUT2D eigenvalue weighted by atomic mass is 9.78. The van der Waals surface area contributed by atoms with Crippen LogP contribution in [0.25, 0.3) is 28.4 Å². The van der Waals surface area contributed by atoms with Gasteiger partial charge in [0.05, 0.1) is 32.8 Å². The maximum atomic E-state index is 13.9. The third kappa shape index (κ3) is 5.09. The molecule has 0 unspecified atom stereocenters. The molecule has 13 heteroatoms. The van der Waals surface area contributed by atoms with E-state index in [0.717, 1.165) is 6.07 Å². The van der Waals surface area contributed by atoms with E-state index in [4.69, 9.17) is 9.47 Å². The average molecular weight is 669 g/mol. The molecule has 4 aliphatic carbocycles. The Labute approximate surface area is 275 Å². The summed E-state index contributed by atoms with van der Waals surface area (Å²) in [6.07, 6.45) is 6.28. The number of carbonyl (C=O) groups excluding carboxylic acids is 1. The molecule has 1 atom stereocenters. The van der Waals surface area contributed by atoms with Crippen molar-refractivity contribution < 1.29 is 29.6 Å². The van der Waals surface area contributed by atoms with Crippen LogP contribution >= 0.6 is 0 Å². The van der Waals surface area contributed by atoms with Crippen LogP contribution < -0.4 is 47.8 Å². The smallest absolute Gasteiger partial charge is 0.407 e. The minimum absolute atomic E-state index is 0.0667. The second kappa shape index (κ2) is 11.6. The summed E-state index contributed by atoms with van der Waals surface area (Å²) in [6, 6.07) is 4.02. The molecule has 252 valence electrons. The summed E-state index contributed by atoms with van der Waals surface area (Å²) in [5.74, 6) is -2.69. The molecular formula is C36H32N2O11. The average Bonchev–Trinajstić information content (AvgIpc) is 3.51. The molecule has 0 saturated heterocycles. The lowest BCUT2D eigenvalue weighted by molar-refractivity contribution is 0.0520. The molecule has 6 rings (SSSR count). The molecule has 5 N–H and O–H groups in total. The Kier molecular flexibility index (Phi) is 7.81. The number of hydrogen-bond acceptors (Lipinski definition) is 11. The van der Waals surface area contributed by atoms with Gasteiger partial charge in [0.2, 0.25) is 16.3 Å². The van der Waals surface area contributed by atoms with Gasteiger partial charge >= 0.3 is 6.09 Å². The summed E-state index contributed by atoms with van der Waals surface area (Å²) in [6.45, 7) is 6.43. The van der Waals surface area contributed by atoms with E-state index in [1.54, 1.807) is 57.2 Å². The van der Waals surface area contributed by atoms with Crippen LogP contribution in [-0.2, 0) is 16.6 Å². The van der Waals surface area contributed by atoms with Gasteiger partial charge in [-0.25, -0.2) is 4.79 Å². The molecule has 1 aromatic heterocycles. The Hall–Kier alpha value is -5.98. The largest absolute Gasteiger partial charge is 0.510 e. The molecule has 49 heavy (non-hydrogen) atoms. The normalized spacial score (nSPS) is 17.1. The fourth-order valence-corrected chi connectivity index (χ4v) is 6.71. The summed E-state index contributed by atoms with van der Waals surface area (Å²) >= 11 is 0. The monoisotopic (exact) mass is 668 g/mol. The minimum atomic E-state index is -2.00. The molecule has 1 aromatic carbocycles. The van der Waals surface area contributed by atoms with E-state index in [1.165, 1.54) is 0 Å². The zero-order valence-electron chi connectivity index (χ0n) is 27.0. The molecule has 0 aliphatic heterocycles. The molecule has 0 fully saturated rings. The first-order chi connectivity index (χ1) is 23.1. The van der Waals surface area contributed by atoms with E-state index in [2.05, 4.69) is 10.3 Å². The minimum Gasteiger partial charge on any atom is -0.510 e. The van der Waals surface area contributed by atoms with Gasteiger partial charge < -0.3 is 35.1 Å². The van der Waals surface area contributed by atoms with Crippen LogP contribution in [0.4, 0.5) is 4.79 Å². The quantitative estimate of drug-likeness (QED) is 0.145. The number of carbonyl (C=O) groups is 1. The van der Waals surface area contributed by atoms with Crippen LogP contribution in [0, 0.1) is 10.4 Å². The first-order valence-corrected chi connectivity index (χ1v) is 15.5. The SMILES string of the molecule is CC=CC=Cc1cc2cc3c(c(O)c2c(=O)[nH]1)[C@@]1(CC3)C(O)=c2c(=O)c3c(=O)cc(OCCNC(=O)OC(C)(C)C)c(=O)c=3c(=O)c2=C1O. The number of aromatic nitrogens is 1. The van der Waals surface area contributed by atoms with Gasteiger partial charge in [-0.3, -0.25) is 24.0 Å². The fourth-order valence-electron chi connectivity index (χ4n) is 6.71. The number of fused-ring (bicyclic) bond motifs is 4. The van der Waals surface area contributed by atoms with Gasteiger partial charge in [-0.2, -0.15) is 0 Å². The van der Waals surface area contributed by atoms with Crippen LogP contribution in [0.2, 0.25) is 0 Å². The number of aryl methyl sites for hydroxylation is 1. The zero-order valence-corrected chi connectivity index (χ0v) is 27.0. The van der Waals surface area contributed by atoms with E-state index in [1.807, 2.05) is 6.92 Å². The van der Waals surface area contributed by atoms with Crippen molar-refractivity contribution in [1.29, 1.82) is 0 Å². The maximum absolute atomic E-state index is 13.9. The number of amides is 1. The summed E-state index contributed by atoms with van der Waals surface area (Å²) < 4.78 is 10.5. The van der Waals surface area contributed by atoms with Crippen molar-refractivity contribution >= 4 is 34.5 Å². The van der Waals surface area contributed by atoms with Gasteiger partial charge in [-0.05, 0) is 63.6 Å². The van der Waals surface area contributed by atoms with Crippen molar-refractivity contribution in [2.24, 2.45) is 0 Å². The Morgan fingerprint density at radius 3 is 2.27 bits per heavy atom. The lowest BCUT2D eigenvalue weighted by Gasteiger charge is -2.27. The summed E-state index contributed by atoms with van der Waals surface area (Å²) in [5.41, 5.74) is -7.05. The van der Waals surface area contributed by atoms with Gasteiger partial charge in [-0.1, -0.05) is 24.3 Å². The second-order valence-corrected chi connectivity index (χ2v) is 12.9. The van der Waals surface area contributed by atoms with E-state index >= 15 is 0 Å². The number of ether oxygens (including phenoxy) is 2. The molecule has 0 saturated carbocycles. The lowest BCUT2D eigenvalue weighted by Crippen LogP contribution is -2.52. The van der Waals surface area contributed by atoms with Crippen LogP contribution in [-0.4, -0.2) is 45.1 Å². The van der Waals surface area contributed by atoms with Gasteiger partial charge in [-0.15, -0.1) is 0 Å². The Balaban J connectivity index is 1.50. The molecule has 4 aliphatic rings. The van der Waals surface area contributed by atoms with Gasteiger partial charge in [0.25, 0.3) is 5.56 Å². The van der Waals surface area contributed by atoms with Gasteiger partial charge in [0.15, 0.2) is 11.2 Å². The zero-order chi connectivity index (χ0) is 35.6. The standard InChI is InChI=1S/C36H32N2O11/c1-5-6-7-8-18-14-17-13-16-9-10-36(26(16)30(43)21(17)33(46)38-18)31(44)24-25(32(36)45)29(42)23-22(28(24)41)19(39)15-20(27(23)40)48-12-11-37-34(47)49-35(2,3)4/h5-8,13-15,43-45H,9-12H2,1-4H3,(H,37,47)(H,38,46)/t36-/m0/s1. The summed E-state index contributed by atoms with van der Waals surface area (Å²) in [7, 11) is 0. The molecular weight excluding hydrogens is 636 g/mol. The number of rotatable bonds is 6. The van der Waals surface area contributed by atoms with Crippen molar-refractivity contribution in [2.75, 3.05) is 13.2 Å². The molecule has 0 radical (unpaired) electrons. The topological polar surface area (TPSA) is 209 Å². The predicted molar refractivity (Wildman–Crippen MR) is 180 cm³/mol. The molecule has 1 spiro atoms. The van der Waals surface area contributed by atoms with Crippen LogP contribution in [0.5, 0.6) is 11.5 Å². The number of aliphatic hydroxyl groups is 2. The molecule has 1 heterocycles. The number of aromatic hydroxyl groups is 1. The highest BCUT2D eigenvalue weighted by Gasteiger charge is 2.53. The predicted octanol–water partition coefficient (Wildman–Crippen LogP) is 0.998. The van der Waals surface area contributed by atoms with E-state index in [0.29, 0.717) is 16.6 Å². The van der Waals surface area contributed by atoms with Crippen molar-refractivity contribution in [3.8, 4) is 11.5 Å². The third-order valence-corrected chi connectivity index (χ3v) is 8.66. The first-order valence-electron chi connectivity index (χ1n) is 15.5. The Bertz CT molecular complexity index is 2640. The number of phenols is 1. The summed E-state index contributed by atoms with van der Waals surface area (Å²) in [4.78, 5) is 82.1. The number of hydrogen-bond donors (Lipinski definition) is 5. The van der Waals surface area contributed by atoms with Crippen molar-refractivity contribution in [1.82, 2.24) is 10.3 Å². The number of aliphatic hydroxyl groups excluding tert-OH is 2. The molecule has 13 nitrogen and oxygen atoms in total. The van der Waals surface area contributed by atoms with Crippen molar-refractivity contribution in [3.05, 3.63) is 125 Å². The summed E-state index contributed by atoms with van der Waals surface area (Å²) in [5, 5.41) is 34.6. The highest BCUT2D eigenvalue weighted by atomic mass is 16.6. The van der Waals surface area contributed by atoms with E-state index in [-0.39, 0.29) is 36.9 Å². The number of phenolic OH excluding ortho intramolecular Hbond substituents is 1. The van der Waals surface area contributed by atoms with Crippen LogP contribution in [0.15, 0.2) is 60.4 Å². The van der Waals surface area contributed by atoms with E-state index in [9.17, 15) is 44.1 Å². The number of alkyl carbamates (subject to hydrolysis) is 1. The highest BCUT2D eigenvalue weighted by Crippen LogP contribution is 2.54. The number of H-pyrrole nitrogens is 1. The maximum Gasteiger partial charge on any atom is 0.407 e. The van der Waals surface area contributed by atoms with Crippen LogP contribution in [0.3, 0.4) is 0 Å². The highest BCUT2D eigenvalue weighted by molar-refractivity contribution is 5.94. The number of benzene rings is 1. The fraction of sp³-hybridized carbons (Fsp3) is 0.278. The van der Waals surface area contributed by atoms with E-state index < -0.39 is 88.3 Å². The second-order valence-electron chi connectivity index (χ2n) is 12.9. The van der Waals surface area contributed by atoms with Gasteiger partial charge in [0.1, 0.15) is 34.9 Å². The Morgan fingerprint density at radius 1 is 0.939 bits per heavy atom. The first kappa shape index (κ1) is 32.9. The Morgan fingerprint density at radius 2 is 1.61 bits per heavy atom. The molecule has 1 amide bonds. The number of allylic oxidation sites excluding steroid dienone is 3. The van der Waals surface area contributed by atoms with Crippen molar-refractivity contribution in [3.63, 3.8) is 0 Å². The number of nitrogens with one attached hydrogen (secondary N) is 2. The van der Waals surface area contributed by atoms with Gasteiger partial charge in [0, 0.05) is 17.3 Å². The molecule has 2 aromatic rings. The van der Waals surface area contributed by atoms with Crippen molar-refractivity contribution in [2.45, 2.75) is 51.6 Å².